The van der Waals surface area contributed by atoms with Gasteiger partial charge in [-0.3, -0.25) is 18.7 Å². The normalized spacial score (nSPS) is 16.4. The highest BCUT2D eigenvalue weighted by molar-refractivity contribution is 7.20. The largest absolute Gasteiger partial charge is 0.390 e. The van der Waals surface area contributed by atoms with Gasteiger partial charge in [-0.2, -0.15) is 13.2 Å². The fourth-order valence-corrected chi connectivity index (χ4v) is 4.34. The highest BCUT2D eigenvalue weighted by Gasteiger charge is 2.46. The first-order valence-electron chi connectivity index (χ1n) is 7.96. The number of hydrogen-bond acceptors (Lipinski definition) is 4. The molecule has 0 saturated heterocycles. The van der Waals surface area contributed by atoms with Crippen LogP contribution in [0.5, 0.6) is 0 Å². The van der Waals surface area contributed by atoms with Crippen LogP contribution in [0.15, 0.2) is 9.59 Å². The predicted octanol–water partition coefficient (Wildman–Crippen LogP) is 3.20. The predicted molar refractivity (Wildman–Crippen MR) is 88.6 cm³/mol. The molecule has 1 aliphatic rings. The second-order valence-corrected chi connectivity index (χ2v) is 7.44. The van der Waals surface area contributed by atoms with Crippen LogP contribution in [0.4, 0.5) is 13.2 Å². The molecule has 5 nitrogen and oxygen atoms in total. The maximum Gasteiger partial charge on any atom is 0.390 e. The molecular formula is C16H17F3N2O3S. The summed E-state index contributed by atoms with van der Waals surface area (Å²) in [5.74, 6) is 0. The molecule has 1 saturated carbocycles. The number of alkyl halides is 3. The van der Waals surface area contributed by atoms with E-state index in [0.717, 1.165) is 20.5 Å². The van der Waals surface area contributed by atoms with Gasteiger partial charge < -0.3 is 0 Å². The third-order valence-corrected chi connectivity index (χ3v) is 6.18. The molecule has 2 aromatic heterocycles. The Morgan fingerprint density at radius 3 is 2.40 bits per heavy atom. The van der Waals surface area contributed by atoms with Crippen molar-refractivity contribution in [3.05, 3.63) is 31.3 Å². The second kappa shape index (κ2) is 5.82. The van der Waals surface area contributed by atoms with Gasteiger partial charge in [-0.05, 0) is 31.7 Å². The number of aryl methyl sites for hydroxylation is 2. The molecule has 0 spiro atoms. The van der Waals surface area contributed by atoms with E-state index in [9.17, 15) is 27.6 Å². The number of aromatic nitrogens is 2. The molecule has 25 heavy (non-hydrogen) atoms. The molecule has 0 N–H and O–H groups in total. The molecule has 1 aliphatic carbocycles. The molecule has 1 fully saturated rings. The van der Waals surface area contributed by atoms with E-state index in [1.54, 1.807) is 6.92 Å². The quantitative estimate of drug-likeness (QED) is 0.755. The van der Waals surface area contributed by atoms with Crippen LogP contribution in [0.1, 0.15) is 47.8 Å². The highest BCUT2D eigenvalue weighted by Crippen LogP contribution is 2.45. The van der Waals surface area contributed by atoms with E-state index in [1.807, 2.05) is 6.92 Å². The Bertz CT molecular complexity index is 964. The Morgan fingerprint density at radius 2 is 1.92 bits per heavy atom. The van der Waals surface area contributed by atoms with E-state index in [-0.39, 0.29) is 15.1 Å². The summed E-state index contributed by atoms with van der Waals surface area (Å²) in [6.45, 7) is 2.86. The summed E-state index contributed by atoms with van der Waals surface area (Å²) in [6, 6.07) is 0. The van der Waals surface area contributed by atoms with Crippen LogP contribution in [0.25, 0.3) is 10.2 Å². The fourth-order valence-electron chi connectivity index (χ4n) is 3.21. The van der Waals surface area contributed by atoms with Gasteiger partial charge in [0.2, 0.25) is 0 Å². The lowest BCUT2D eigenvalue weighted by Crippen LogP contribution is -2.45. The average Bonchev–Trinajstić information content (AvgIpc) is 3.24. The lowest BCUT2D eigenvalue weighted by molar-refractivity contribution is -0.136. The van der Waals surface area contributed by atoms with Crippen LogP contribution in [0.3, 0.4) is 0 Å². The van der Waals surface area contributed by atoms with Crippen LogP contribution >= 0.6 is 11.3 Å². The molecule has 136 valence electrons. The van der Waals surface area contributed by atoms with Gasteiger partial charge in [0, 0.05) is 6.54 Å². The summed E-state index contributed by atoms with van der Waals surface area (Å²) in [4.78, 5) is 37.4. The zero-order chi connectivity index (χ0) is 18.6. The van der Waals surface area contributed by atoms with Crippen LogP contribution in [-0.2, 0) is 12.1 Å². The van der Waals surface area contributed by atoms with Gasteiger partial charge in [0.05, 0.1) is 22.2 Å². The fraction of sp³-hybridized carbons (Fsp3) is 0.562. The van der Waals surface area contributed by atoms with E-state index in [2.05, 4.69) is 0 Å². The number of carbonyl (C=O) groups excluding carboxylic acids is 1. The third-order valence-electron chi connectivity index (χ3n) is 4.93. The van der Waals surface area contributed by atoms with Crippen molar-refractivity contribution in [3.8, 4) is 0 Å². The van der Waals surface area contributed by atoms with Crippen molar-refractivity contribution < 1.29 is 18.0 Å². The van der Waals surface area contributed by atoms with Crippen LogP contribution in [0, 0.1) is 6.92 Å². The smallest absolute Gasteiger partial charge is 0.297 e. The Labute approximate surface area is 144 Å². The van der Waals surface area contributed by atoms with E-state index in [0.29, 0.717) is 31.1 Å². The summed E-state index contributed by atoms with van der Waals surface area (Å²) in [6.07, 6.45) is -3.19. The number of halogens is 3. The lowest BCUT2D eigenvalue weighted by Gasteiger charge is -2.19. The van der Waals surface area contributed by atoms with Gasteiger partial charge in [-0.15, -0.1) is 11.3 Å². The molecule has 0 aromatic carbocycles. The summed E-state index contributed by atoms with van der Waals surface area (Å²) in [5.41, 5.74) is -1.43. The number of carbonyl (C=O) groups is 1. The molecular weight excluding hydrogens is 357 g/mol. The second-order valence-electron chi connectivity index (χ2n) is 6.41. The first-order chi connectivity index (χ1) is 11.6. The number of thiophene rings is 1. The minimum Gasteiger partial charge on any atom is -0.297 e. The van der Waals surface area contributed by atoms with E-state index >= 15 is 0 Å². The van der Waals surface area contributed by atoms with Crippen LogP contribution in [-0.4, -0.2) is 21.6 Å². The molecule has 0 atom stereocenters. The maximum absolute atomic E-state index is 12.9. The van der Waals surface area contributed by atoms with Crippen LogP contribution in [0.2, 0.25) is 0 Å². The molecule has 0 radical (unpaired) electrons. The average molecular weight is 374 g/mol. The SMILES string of the molecule is CCC1(n2c(=O)c3c(C)c(C=O)sc3n(CCC(F)(F)F)c2=O)CC1. The zero-order valence-corrected chi connectivity index (χ0v) is 14.6. The van der Waals surface area contributed by atoms with Crippen molar-refractivity contribution in [2.24, 2.45) is 0 Å². The van der Waals surface area contributed by atoms with Crippen LogP contribution < -0.4 is 11.2 Å². The summed E-state index contributed by atoms with van der Waals surface area (Å²) in [5, 5.41) is 0.175. The van der Waals surface area contributed by atoms with Gasteiger partial charge in [0.25, 0.3) is 5.56 Å². The molecule has 9 heteroatoms. The molecule has 2 aromatic rings. The van der Waals surface area contributed by atoms with Crippen molar-refractivity contribution in [1.29, 1.82) is 0 Å². The first-order valence-corrected chi connectivity index (χ1v) is 8.78. The van der Waals surface area contributed by atoms with Gasteiger partial charge in [-0.1, -0.05) is 6.92 Å². The zero-order valence-electron chi connectivity index (χ0n) is 13.8. The highest BCUT2D eigenvalue weighted by atomic mass is 32.1. The standard InChI is InChI=1S/C16H17F3N2O3S/c1-3-15(4-5-15)21-12(23)11-9(2)10(8-22)25-13(11)20(14(21)24)7-6-16(17,18)19/h8H,3-7H2,1-2H3. The van der Waals surface area contributed by atoms with Crippen molar-refractivity contribution in [3.63, 3.8) is 0 Å². The molecule has 0 aliphatic heterocycles. The van der Waals surface area contributed by atoms with E-state index in [1.165, 1.54) is 0 Å². The number of fused-ring (bicyclic) bond motifs is 1. The number of nitrogens with zero attached hydrogens (tertiary/aromatic N) is 2. The Kier molecular flexibility index (Phi) is 4.17. The molecule has 0 amide bonds. The van der Waals surface area contributed by atoms with Crippen molar-refractivity contribution in [1.82, 2.24) is 9.13 Å². The lowest BCUT2D eigenvalue weighted by atomic mass is 10.1. The Balaban J connectivity index is 2.34. The number of hydrogen-bond donors (Lipinski definition) is 0. The summed E-state index contributed by atoms with van der Waals surface area (Å²) in [7, 11) is 0. The summed E-state index contributed by atoms with van der Waals surface area (Å²) < 4.78 is 40.2. The molecule has 2 heterocycles. The van der Waals surface area contributed by atoms with E-state index in [4.69, 9.17) is 0 Å². The van der Waals surface area contributed by atoms with Crippen molar-refractivity contribution in [2.45, 2.75) is 57.8 Å². The minimum absolute atomic E-state index is 0.141. The Morgan fingerprint density at radius 1 is 1.28 bits per heavy atom. The first kappa shape index (κ1) is 17.9. The van der Waals surface area contributed by atoms with Crippen molar-refractivity contribution in [2.75, 3.05) is 0 Å². The minimum atomic E-state index is -4.42. The molecule has 0 bridgehead atoms. The summed E-state index contributed by atoms with van der Waals surface area (Å²) >= 11 is 0.891. The van der Waals surface area contributed by atoms with Gasteiger partial charge in [-0.25, -0.2) is 4.79 Å². The van der Waals surface area contributed by atoms with Gasteiger partial charge in [0.1, 0.15) is 4.83 Å². The van der Waals surface area contributed by atoms with E-state index < -0.39 is 35.9 Å². The van der Waals surface area contributed by atoms with Gasteiger partial charge in [0.15, 0.2) is 6.29 Å². The maximum atomic E-state index is 12.9. The topological polar surface area (TPSA) is 61.1 Å². The van der Waals surface area contributed by atoms with Gasteiger partial charge >= 0.3 is 11.9 Å². The van der Waals surface area contributed by atoms with Crippen molar-refractivity contribution >= 4 is 27.8 Å². The Hall–Kier alpha value is -1.90. The number of rotatable bonds is 5. The monoisotopic (exact) mass is 374 g/mol. The molecule has 0 unspecified atom stereocenters. The molecule has 3 rings (SSSR count). The number of aldehydes is 1. The third kappa shape index (κ3) is 2.84.